The number of likely N-dealkylation sites (tertiary alicyclic amines) is 1. The van der Waals surface area contributed by atoms with Crippen LogP contribution in [0.3, 0.4) is 0 Å². The van der Waals surface area contributed by atoms with E-state index >= 15 is 0 Å². The molecular weight excluding hydrogens is 386 g/mol. The van der Waals surface area contributed by atoms with Gasteiger partial charge in [-0.2, -0.15) is 0 Å². The van der Waals surface area contributed by atoms with Crippen molar-refractivity contribution in [3.8, 4) is 0 Å². The highest BCUT2D eigenvalue weighted by Crippen LogP contribution is 2.23. The van der Waals surface area contributed by atoms with Crippen LogP contribution in [0.25, 0.3) is 6.08 Å². The molecule has 27 heavy (non-hydrogen) atoms. The van der Waals surface area contributed by atoms with Crippen LogP contribution in [0.2, 0.25) is 5.02 Å². The summed E-state index contributed by atoms with van der Waals surface area (Å²) >= 11 is 7.46. The number of aryl methyl sites for hydroxylation is 1. The predicted molar refractivity (Wildman–Crippen MR) is 105 cm³/mol. The number of anilines is 1. The van der Waals surface area contributed by atoms with Crippen LogP contribution in [0.5, 0.6) is 0 Å². The summed E-state index contributed by atoms with van der Waals surface area (Å²) in [5.41, 5.74) is 1.84. The smallest absolute Gasteiger partial charge is 0.246 e. The highest BCUT2D eigenvalue weighted by atomic mass is 35.5. The summed E-state index contributed by atoms with van der Waals surface area (Å²) in [6, 6.07) is 3.86. The van der Waals surface area contributed by atoms with Gasteiger partial charge in [-0.3, -0.25) is 9.59 Å². The molecule has 1 fully saturated rings. The first-order valence-electron chi connectivity index (χ1n) is 8.67. The average Bonchev–Trinajstić information content (AvgIpc) is 3.03. The fraction of sp³-hybridized carbons (Fsp3) is 0.316. The fourth-order valence-electron chi connectivity index (χ4n) is 2.99. The number of hydrogen-bond donors (Lipinski definition) is 1. The van der Waals surface area contributed by atoms with Crippen LogP contribution in [0.15, 0.2) is 29.8 Å². The Balaban J connectivity index is 1.26. The van der Waals surface area contributed by atoms with E-state index in [1.54, 1.807) is 34.6 Å². The lowest BCUT2D eigenvalue weighted by atomic mass is 10.0. The van der Waals surface area contributed by atoms with Gasteiger partial charge in [0.1, 0.15) is 5.82 Å². The van der Waals surface area contributed by atoms with Crippen LogP contribution < -0.4 is 5.32 Å². The van der Waals surface area contributed by atoms with Gasteiger partial charge in [-0.25, -0.2) is 4.98 Å². The second-order valence-electron chi connectivity index (χ2n) is 6.57. The summed E-state index contributed by atoms with van der Waals surface area (Å²) in [4.78, 5) is 30.7. The molecule has 0 saturated carbocycles. The number of amides is 2. The minimum atomic E-state index is -0.0416. The summed E-state index contributed by atoms with van der Waals surface area (Å²) in [7, 11) is 0. The number of aromatic nitrogens is 1. The van der Waals surface area contributed by atoms with Gasteiger partial charge in [-0.05, 0) is 35.8 Å². The van der Waals surface area contributed by atoms with Gasteiger partial charge in [0, 0.05) is 42.0 Å². The zero-order valence-corrected chi connectivity index (χ0v) is 16.1. The van der Waals surface area contributed by atoms with Gasteiger partial charge >= 0.3 is 0 Å². The third kappa shape index (κ3) is 4.37. The highest BCUT2D eigenvalue weighted by molar-refractivity contribution is 7.10. The summed E-state index contributed by atoms with van der Waals surface area (Å²) in [5, 5.41) is 5.36. The van der Waals surface area contributed by atoms with Gasteiger partial charge in [-0.1, -0.05) is 11.6 Å². The Kier molecular flexibility index (Phi) is 5.24. The molecule has 6 nitrogen and oxygen atoms in total. The van der Waals surface area contributed by atoms with Crippen molar-refractivity contribution in [2.45, 2.75) is 25.6 Å². The number of nitrogens with zero attached hydrogens (tertiary/aromatic N) is 2. The molecular formula is C19H18ClN3O3S. The maximum atomic E-state index is 12.2. The quantitative estimate of drug-likeness (QED) is 0.778. The Morgan fingerprint density at radius 2 is 2.26 bits per heavy atom. The molecule has 0 aromatic carbocycles. The SMILES string of the molecule is O=C1CCc2cc(C=CC(=O)N3CC(OCc4cc(Cl)cs4)C3)cnc2N1. The predicted octanol–water partition coefficient (Wildman–Crippen LogP) is 3.12. The van der Waals surface area contributed by atoms with Crippen molar-refractivity contribution in [2.75, 3.05) is 18.4 Å². The molecule has 0 bridgehead atoms. The van der Waals surface area contributed by atoms with E-state index in [1.807, 2.05) is 17.5 Å². The third-order valence-electron chi connectivity index (χ3n) is 4.53. The minimum Gasteiger partial charge on any atom is -0.369 e. The normalized spacial score (nSPS) is 16.9. The molecule has 2 amide bonds. The van der Waals surface area contributed by atoms with Gasteiger partial charge in [-0.15, -0.1) is 11.3 Å². The molecule has 2 aromatic rings. The first-order chi connectivity index (χ1) is 13.1. The first kappa shape index (κ1) is 18.2. The number of ether oxygens (including phenoxy) is 1. The van der Waals surface area contributed by atoms with E-state index in [0.717, 1.165) is 21.0 Å². The molecule has 2 aliphatic heterocycles. The molecule has 8 heteroatoms. The summed E-state index contributed by atoms with van der Waals surface area (Å²) in [6.45, 7) is 1.71. The van der Waals surface area contributed by atoms with Crippen molar-refractivity contribution in [3.63, 3.8) is 0 Å². The maximum Gasteiger partial charge on any atom is 0.246 e. The summed E-state index contributed by atoms with van der Waals surface area (Å²) < 4.78 is 5.78. The molecule has 0 aliphatic carbocycles. The van der Waals surface area contributed by atoms with Crippen molar-refractivity contribution in [1.82, 2.24) is 9.88 Å². The molecule has 0 atom stereocenters. The van der Waals surface area contributed by atoms with Crippen molar-refractivity contribution < 1.29 is 14.3 Å². The molecule has 0 spiro atoms. The van der Waals surface area contributed by atoms with Crippen LogP contribution in [0.1, 0.15) is 22.4 Å². The Bertz CT molecular complexity index is 905. The molecule has 0 radical (unpaired) electrons. The number of carbonyl (C=O) groups is 2. The zero-order valence-electron chi connectivity index (χ0n) is 14.5. The van der Waals surface area contributed by atoms with E-state index in [0.29, 0.717) is 38.4 Å². The monoisotopic (exact) mass is 403 g/mol. The summed E-state index contributed by atoms with van der Waals surface area (Å²) in [5.74, 6) is 0.565. The van der Waals surface area contributed by atoms with E-state index in [2.05, 4.69) is 10.3 Å². The van der Waals surface area contributed by atoms with E-state index in [9.17, 15) is 9.59 Å². The van der Waals surface area contributed by atoms with Crippen LogP contribution in [-0.2, 0) is 27.4 Å². The largest absolute Gasteiger partial charge is 0.369 e. The number of fused-ring (bicyclic) bond motifs is 1. The van der Waals surface area contributed by atoms with Gasteiger partial charge in [0.2, 0.25) is 11.8 Å². The molecule has 140 valence electrons. The number of halogens is 1. The first-order valence-corrected chi connectivity index (χ1v) is 9.93. The Hall–Kier alpha value is -2.22. The molecule has 4 heterocycles. The van der Waals surface area contributed by atoms with Gasteiger partial charge in [0.05, 0.1) is 17.7 Å². The van der Waals surface area contributed by atoms with Crippen LogP contribution in [0, 0.1) is 0 Å². The van der Waals surface area contributed by atoms with Crippen molar-refractivity contribution in [1.29, 1.82) is 0 Å². The average molecular weight is 404 g/mol. The number of pyridine rings is 1. The second-order valence-corrected chi connectivity index (χ2v) is 8.00. The van der Waals surface area contributed by atoms with E-state index in [-0.39, 0.29) is 17.9 Å². The van der Waals surface area contributed by atoms with Gasteiger partial charge < -0.3 is 15.0 Å². The Morgan fingerprint density at radius 1 is 1.41 bits per heavy atom. The van der Waals surface area contributed by atoms with Crippen molar-refractivity contribution in [3.05, 3.63) is 50.8 Å². The number of carbonyl (C=O) groups excluding carboxylic acids is 2. The molecule has 0 unspecified atom stereocenters. The van der Waals surface area contributed by atoms with E-state index in [4.69, 9.17) is 16.3 Å². The minimum absolute atomic E-state index is 0.00907. The third-order valence-corrected chi connectivity index (χ3v) is 5.79. The molecule has 4 rings (SSSR count). The zero-order chi connectivity index (χ0) is 18.8. The molecule has 1 saturated heterocycles. The lowest BCUT2D eigenvalue weighted by molar-refractivity contribution is -0.140. The lowest BCUT2D eigenvalue weighted by Crippen LogP contribution is -2.54. The topological polar surface area (TPSA) is 71.5 Å². The lowest BCUT2D eigenvalue weighted by Gasteiger charge is -2.38. The standard InChI is InChI=1S/C19H18ClN3O3S/c20-14-6-16(27-11-14)10-26-15-8-23(9-15)18(25)4-1-12-5-13-2-3-17(24)22-19(13)21-7-12/h1,4-7,11,15H,2-3,8-10H2,(H,21,22,24). The molecule has 2 aromatic heterocycles. The number of thiophene rings is 1. The molecule has 1 N–H and O–H groups in total. The van der Waals surface area contributed by atoms with Gasteiger partial charge in [0.15, 0.2) is 0 Å². The maximum absolute atomic E-state index is 12.2. The van der Waals surface area contributed by atoms with Crippen LogP contribution in [-0.4, -0.2) is 40.9 Å². The van der Waals surface area contributed by atoms with E-state index < -0.39 is 0 Å². The van der Waals surface area contributed by atoms with Gasteiger partial charge in [0.25, 0.3) is 0 Å². The highest BCUT2D eigenvalue weighted by Gasteiger charge is 2.30. The van der Waals surface area contributed by atoms with Crippen molar-refractivity contribution >= 4 is 46.6 Å². The van der Waals surface area contributed by atoms with Crippen LogP contribution >= 0.6 is 22.9 Å². The number of rotatable bonds is 5. The summed E-state index contributed by atoms with van der Waals surface area (Å²) in [6.07, 6.45) is 6.17. The Morgan fingerprint density at radius 3 is 3.04 bits per heavy atom. The van der Waals surface area contributed by atoms with Crippen LogP contribution in [0.4, 0.5) is 5.82 Å². The van der Waals surface area contributed by atoms with E-state index in [1.165, 1.54) is 0 Å². The number of nitrogens with one attached hydrogen (secondary N) is 1. The number of hydrogen-bond acceptors (Lipinski definition) is 5. The van der Waals surface area contributed by atoms with Crippen molar-refractivity contribution in [2.24, 2.45) is 0 Å². The Labute approximate surface area is 165 Å². The second kappa shape index (κ2) is 7.80. The molecule has 2 aliphatic rings. The fourth-order valence-corrected chi connectivity index (χ4v) is 3.98.